The van der Waals surface area contributed by atoms with E-state index in [0.29, 0.717) is 17.8 Å². The van der Waals surface area contributed by atoms with Crippen molar-refractivity contribution >= 4 is 17.3 Å². The molecule has 2 aliphatic rings. The molecular formula is C20H26N2O3. The molecule has 0 N–H and O–H groups in total. The molecule has 2 aliphatic heterocycles. The Hall–Kier alpha value is -2.14. The summed E-state index contributed by atoms with van der Waals surface area (Å²) in [6.45, 7) is 3.53. The fourth-order valence-corrected chi connectivity index (χ4v) is 4.12. The molecule has 0 aromatic heterocycles. The smallest absolute Gasteiger partial charge is 0.308 e. The Morgan fingerprint density at radius 1 is 1.36 bits per heavy atom. The van der Waals surface area contributed by atoms with E-state index in [0.717, 1.165) is 30.5 Å². The second-order valence-electron chi connectivity index (χ2n) is 6.70. The molecule has 0 amide bonds. The number of nitrogens with zero attached hydrogens (tertiary/aromatic N) is 2. The summed E-state index contributed by atoms with van der Waals surface area (Å²) in [5, 5.41) is 4.31. The summed E-state index contributed by atoms with van der Waals surface area (Å²) >= 11 is 0. The predicted molar refractivity (Wildman–Crippen MR) is 98.6 cm³/mol. The Labute approximate surface area is 149 Å². The van der Waals surface area contributed by atoms with Crippen molar-refractivity contribution in [1.29, 1.82) is 0 Å². The molecule has 2 heterocycles. The lowest BCUT2D eigenvalue weighted by molar-refractivity contribution is -0.131. The number of benzene rings is 1. The monoisotopic (exact) mass is 342 g/mol. The van der Waals surface area contributed by atoms with Crippen LogP contribution in [0.5, 0.6) is 5.75 Å². The molecule has 2 unspecified atom stereocenters. The van der Waals surface area contributed by atoms with Gasteiger partial charge in [0.05, 0.1) is 5.71 Å². The number of oxime groups is 1. The van der Waals surface area contributed by atoms with Crippen LogP contribution in [0.4, 0.5) is 0 Å². The summed E-state index contributed by atoms with van der Waals surface area (Å²) in [6, 6.07) is 8.74. The first-order valence-corrected chi connectivity index (χ1v) is 8.89. The van der Waals surface area contributed by atoms with Crippen LogP contribution in [0.3, 0.4) is 0 Å². The van der Waals surface area contributed by atoms with E-state index in [1.165, 1.54) is 24.5 Å². The highest BCUT2D eigenvalue weighted by Gasteiger charge is 2.40. The Morgan fingerprint density at radius 3 is 2.84 bits per heavy atom. The number of hydrogen-bond acceptors (Lipinski definition) is 5. The molecule has 2 atom stereocenters. The number of carbonyl (C=O) groups is 1. The molecule has 0 saturated carbocycles. The molecule has 0 radical (unpaired) electrons. The molecule has 5 nitrogen and oxygen atoms in total. The van der Waals surface area contributed by atoms with E-state index in [-0.39, 0.29) is 5.97 Å². The SMILES string of the molecule is CCC(=NOC)C1=C(c2cccc(OC(C)=O)c2)CC2CCC1N2C. The fourth-order valence-electron chi connectivity index (χ4n) is 4.12. The average Bonchev–Trinajstić information content (AvgIpc) is 2.82. The molecule has 25 heavy (non-hydrogen) atoms. The number of hydrogen-bond donors (Lipinski definition) is 0. The summed E-state index contributed by atoms with van der Waals surface area (Å²) in [4.78, 5) is 18.9. The Balaban J connectivity index is 2.10. The molecule has 3 rings (SSSR count). The van der Waals surface area contributed by atoms with Crippen molar-refractivity contribution in [1.82, 2.24) is 4.90 Å². The van der Waals surface area contributed by atoms with Gasteiger partial charge in [-0.2, -0.15) is 0 Å². The van der Waals surface area contributed by atoms with E-state index in [4.69, 9.17) is 9.57 Å². The number of fused-ring (bicyclic) bond motifs is 2. The van der Waals surface area contributed by atoms with Gasteiger partial charge in [0, 0.05) is 19.0 Å². The van der Waals surface area contributed by atoms with Crippen LogP contribution in [0.25, 0.3) is 5.57 Å². The summed E-state index contributed by atoms with van der Waals surface area (Å²) < 4.78 is 5.28. The zero-order valence-corrected chi connectivity index (χ0v) is 15.4. The molecule has 1 fully saturated rings. The van der Waals surface area contributed by atoms with Crippen LogP contribution in [0.2, 0.25) is 0 Å². The van der Waals surface area contributed by atoms with Crippen molar-refractivity contribution in [3.8, 4) is 5.75 Å². The quantitative estimate of drug-likeness (QED) is 0.355. The molecule has 1 saturated heterocycles. The second kappa shape index (κ2) is 7.40. The molecule has 134 valence electrons. The van der Waals surface area contributed by atoms with E-state index in [9.17, 15) is 4.79 Å². The van der Waals surface area contributed by atoms with E-state index >= 15 is 0 Å². The second-order valence-corrected chi connectivity index (χ2v) is 6.70. The fraction of sp³-hybridized carbons (Fsp3) is 0.500. The standard InChI is InChI=1S/C20H26N2O3/c1-5-18(21-24-4)20-17(12-15-9-10-19(20)22(15)3)14-7-6-8-16(11-14)25-13(2)23/h6-8,11,15,19H,5,9-10,12H2,1-4H3. The van der Waals surface area contributed by atoms with Crippen molar-refractivity contribution in [3.05, 3.63) is 35.4 Å². The zero-order chi connectivity index (χ0) is 18.0. The third kappa shape index (κ3) is 3.47. The van der Waals surface area contributed by atoms with E-state index in [1.54, 1.807) is 7.11 Å². The normalized spacial score (nSPS) is 23.8. The van der Waals surface area contributed by atoms with Gasteiger partial charge in [-0.1, -0.05) is 24.2 Å². The first-order valence-electron chi connectivity index (χ1n) is 8.89. The maximum Gasteiger partial charge on any atom is 0.308 e. The van der Waals surface area contributed by atoms with Crippen molar-refractivity contribution in [2.75, 3.05) is 14.2 Å². The van der Waals surface area contributed by atoms with Crippen molar-refractivity contribution < 1.29 is 14.4 Å². The van der Waals surface area contributed by atoms with Gasteiger partial charge in [0.1, 0.15) is 12.9 Å². The van der Waals surface area contributed by atoms with Gasteiger partial charge >= 0.3 is 5.97 Å². The van der Waals surface area contributed by atoms with Crippen molar-refractivity contribution in [2.45, 2.75) is 51.6 Å². The van der Waals surface area contributed by atoms with Gasteiger partial charge in [0.2, 0.25) is 0 Å². The van der Waals surface area contributed by atoms with Crippen LogP contribution in [-0.4, -0.2) is 42.8 Å². The van der Waals surface area contributed by atoms with E-state index in [2.05, 4.69) is 30.1 Å². The maximum absolute atomic E-state index is 11.3. The molecule has 0 aliphatic carbocycles. The zero-order valence-electron chi connectivity index (χ0n) is 15.4. The first-order chi connectivity index (χ1) is 12.0. The van der Waals surface area contributed by atoms with Gasteiger partial charge in [-0.3, -0.25) is 9.69 Å². The Kier molecular flexibility index (Phi) is 5.23. The molecule has 1 aromatic rings. The molecule has 2 bridgehead atoms. The van der Waals surface area contributed by atoms with Crippen molar-refractivity contribution in [3.63, 3.8) is 0 Å². The van der Waals surface area contributed by atoms with Crippen LogP contribution in [0, 0.1) is 0 Å². The van der Waals surface area contributed by atoms with E-state index in [1.807, 2.05) is 18.2 Å². The minimum Gasteiger partial charge on any atom is -0.427 e. The highest BCUT2D eigenvalue weighted by Crippen LogP contribution is 2.43. The summed E-state index contributed by atoms with van der Waals surface area (Å²) in [5.74, 6) is 0.287. The van der Waals surface area contributed by atoms with Crippen LogP contribution < -0.4 is 4.74 Å². The van der Waals surface area contributed by atoms with Gasteiger partial charge in [-0.15, -0.1) is 0 Å². The largest absolute Gasteiger partial charge is 0.427 e. The minimum absolute atomic E-state index is 0.301. The lowest BCUT2D eigenvalue weighted by Crippen LogP contribution is -2.40. The van der Waals surface area contributed by atoms with Crippen LogP contribution >= 0.6 is 0 Å². The van der Waals surface area contributed by atoms with Gasteiger partial charge < -0.3 is 9.57 Å². The molecule has 0 spiro atoms. The third-order valence-corrected chi connectivity index (χ3v) is 5.23. The summed E-state index contributed by atoms with van der Waals surface area (Å²) in [5.41, 5.74) is 4.70. The van der Waals surface area contributed by atoms with E-state index < -0.39 is 0 Å². The van der Waals surface area contributed by atoms with Crippen molar-refractivity contribution in [2.24, 2.45) is 5.16 Å². The molecular weight excluding hydrogens is 316 g/mol. The molecule has 5 heteroatoms. The number of likely N-dealkylation sites (N-methyl/N-ethyl adjacent to an activating group) is 1. The van der Waals surface area contributed by atoms with Crippen LogP contribution in [0.15, 0.2) is 35.0 Å². The van der Waals surface area contributed by atoms with Gasteiger partial charge in [-0.25, -0.2) is 0 Å². The van der Waals surface area contributed by atoms with Gasteiger partial charge in [0.25, 0.3) is 0 Å². The topological polar surface area (TPSA) is 51.1 Å². The highest BCUT2D eigenvalue weighted by atomic mass is 16.6. The third-order valence-electron chi connectivity index (χ3n) is 5.23. The van der Waals surface area contributed by atoms with Crippen LogP contribution in [0.1, 0.15) is 45.1 Å². The summed E-state index contributed by atoms with van der Waals surface area (Å²) in [7, 11) is 3.80. The lowest BCUT2D eigenvalue weighted by Gasteiger charge is -2.35. The number of ether oxygens (including phenoxy) is 1. The number of carbonyl (C=O) groups excluding carboxylic acids is 1. The highest BCUT2D eigenvalue weighted by molar-refractivity contribution is 6.07. The summed E-state index contributed by atoms with van der Waals surface area (Å²) in [6.07, 6.45) is 4.15. The number of esters is 1. The van der Waals surface area contributed by atoms with Gasteiger partial charge in [0.15, 0.2) is 0 Å². The molecule has 1 aromatic carbocycles. The number of rotatable bonds is 5. The predicted octanol–water partition coefficient (Wildman–Crippen LogP) is 3.64. The van der Waals surface area contributed by atoms with Gasteiger partial charge in [-0.05, 0) is 61.6 Å². The maximum atomic E-state index is 11.3. The average molecular weight is 342 g/mol. The Bertz CT molecular complexity index is 723. The Morgan fingerprint density at radius 2 is 2.16 bits per heavy atom. The lowest BCUT2D eigenvalue weighted by atomic mass is 9.85. The first kappa shape index (κ1) is 17.7. The minimum atomic E-state index is -0.301. The van der Waals surface area contributed by atoms with Crippen LogP contribution in [-0.2, 0) is 9.63 Å².